The van der Waals surface area contributed by atoms with Crippen LogP contribution < -0.4 is 5.32 Å². The van der Waals surface area contributed by atoms with Crippen LogP contribution in [0.4, 0.5) is 4.79 Å². The fraction of sp³-hybridized carbons (Fsp3) is 0.714. The minimum absolute atomic E-state index is 0. The summed E-state index contributed by atoms with van der Waals surface area (Å²) in [5, 5.41) is 3.01. The molecule has 1 aliphatic rings. The van der Waals surface area contributed by atoms with Crippen LogP contribution in [0.2, 0.25) is 0 Å². The molecule has 1 N–H and O–H groups in total. The van der Waals surface area contributed by atoms with Crippen molar-refractivity contribution >= 4 is 24.8 Å². The number of piperazine rings is 1. The van der Waals surface area contributed by atoms with Gasteiger partial charge in [-0.3, -0.25) is 4.90 Å². The molecule has 0 aliphatic carbocycles. The summed E-state index contributed by atoms with van der Waals surface area (Å²) in [6.07, 6.45) is 0.317. The summed E-state index contributed by atoms with van der Waals surface area (Å²) in [5.74, 6) is 0. The molecule has 0 radical (unpaired) electrons. The maximum atomic E-state index is 11.1. The van der Waals surface area contributed by atoms with E-state index in [1.165, 1.54) is 12.0 Å². The van der Waals surface area contributed by atoms with Crippen LogP contribution >= 0.6 is 12.4 Å². The van der Waals surface area contributed by atoms with Crippen molar-refractivity contribution < 1.29 is 14.3 Å². The second-order valence-corrected chi connectivity index (χ2v) is 2.57. The quantitative estimate of drug-likeness (QED) is 0.599. The Kier molecular flexibility index (Phi) is 5.41. The van der Waals surface area contributed by atoms with Gasteiger partial charge < -0.3 is 14.8 Å². The molecule has 0 bridgehead atoms. The largest absolute Gasteiger partial charge is 0.453 e. The number of methoxy groups -OCH3 is 1. The summed E-state index contributed by atoms with van der Waals surface area (Å²) in [7, 11) is 1.31. The number of aldehydes is 1. The lowest BCUT2D eigenvalue weighted by molar-refractivity contribution is -0.112. The molecule has 0 spiro atoms. The first kappa shape index (κ1) is 12.2. The number of rotatable bonds is 1. The van der Waals surface area contributed by atoms with Crippen molar-refractivity contribution in [1.29, 1.82) is 0 Å². The van der Waals surface area contributed by atoms with Crippen LogP contribution in [-0.2, 0) is 9.53 Å². The predicted octanol–water partition coefficient (Wildman–Crippen LogP) is -0.353. The molecule has 1 amide bonds. The van der Waals surface area contributed by atoms with Crippen molar-refractivity contribution in [3.8, 4) is 0 Å². The molecule has 0 saturated carbocycles. The Bertz CT molecular complexity index is 189. The predicted molar refractivity (Wildman–Crippen MR) is 49.1 cm³/mol. The lowest BCUT2D eigenvalue weighted by Gasteiger charge is -2.31. The van der Waals surface area contributed by atoms with Crippen LogP contribution in [0, 0.1) is 0 Å². The molecule has 76 valence electrons. The van der Waals surface area contributed by atoms with Gasteiger partial charge in [0.1, 0.15) is 12.3 Å². The molecular formula is C7H13ClN2O3. The van der Waals surface area contributed by atoms with Gasteiger partial charge >= 0.3 is 6.09 Å². The van der Waals surface area contributed by atoms with Crippen molar-refractivity contribution in [2.75, 3.05) is 26.7 Å². The van der Waals surface area contributed by atoms with Gasteiger partial charge in [0, 0.05) is 19.6 Å². The molecule has 1 aliphatic heterocycles. The van der Waals surface area contributed by atoms with Crippen molar-refractivity contribution in [3.05, 3.63) is 0 Å². The monoisotopic (exact) mass is 208 g/mol. The molecule has 1 fully saturated rings. The fourth-order valence-electron chi connectivity index (χ4n) is 1.19. The topological polar surface area (TPSA) is 58.6 Å². The summed E-state index contributed by atoms with van der Waals surface area (Å²) in [5.41, 5.74) is 0. The van der Waals surface area contributed by atoms with Crippen LogP contribution in [0.5, 0.6) is 0 Å². The molecule has 1 unspecified atom stereocenters. The van der Waals surface area contributed by atoms with Crippen molar-refractivity contribution in [2.45, 2.75) is 6.04 Å². The molecule has 0 aromatic heterocycles. The zero-order chi connectivity index (χ0) is 8.97. The van der Waals surface area contributed by atoms with Crippen LogP contribution in [0.3, 0.4) is 0 Å². The number of ether oxygens (including phenoxy) is 1. The van der Waals surface area contributed by atoms with E-state index in [-0.39, 0.29) is 18.4 Å². The summed E-state index contributed by atoms with van der Waals surface area (Å²) in [6.45, 7) is 1.74. The normalized spacial score (nSPS) is 21.6. The second-order valence-electron chi connectivity index (χ2n) is 2.57. The third-order valence-electron chi connectivity index (χ3n) is 1.85. The number of carbonyl (C=O) groups excluding carboxylic acids is 2. The first-order valence-corrected chi connectivity index (χ1v) is 3.80. The van der Waals surface area contributed by atoms with E-state index in [9.17, 15) is 9.59 Å². The molecule has 1 rings (SSSR count). The SMILES string of the molecule is COC(=O)N1CCNCC1C=O.Cl. The number of amides is 1. The highest BCUT2D eigenvalue weighted by Crippen LogP contribution is 2.02. The third-order valence-corrected chi connectivity index (χ3v) is 1.85. The summed E-state index contributed by atoms with van der Waals surface area (Å²) in [6, 6.07) is -0.383. The number of carbonyl (C=O) groups is 2. The van der Waals surface area contributed by atoms with Gasteiger partial charge in [0.25, 0.3) is 0 Å². The smallest absolute Gasteiger partial charge is 0.410 e. The van der Waals surface area contributed by atoms with Gasteiger partial charge in [0.05, 0.1) is 7.11 Å². The third kappa shape index (κ3) is 2.86. The standard InChI is InChI=1S/C7H12N2O3.ClH/c1-12-7(11)9-3-2-8-4-6(9)5-10;/h5-6,8H,2-4H2,1H3;1H. The lowest BCUT2D eigenvalue weighted by Crippen LogP contribution is -2.54. The average molecular weight is 209 g/mol. The fourth-order valence-corrected chi connectivity index (χ4v) is 1.19. The maximum Gasteiger partial charge on any atom is 0.410 e. The van der Waals surface area contributed by atoms with E-state index in [4.69, 9.17) is 0 Å². The van der Waals surface area contributed by atoms with Crippen LogP contribution in [0.15, 0.2) is 0 Å². The van der Waals surface area contributed by atoms with E-state index in [1.807, 2.05) is 0 Å². The number of nitrogens with one attached hydrogen (secondary N) is 1. The zero-order valence-corrected chi connectivity index (χ0v) is 8.17. The van der Waals surface area contributed by atoms with E-state index in [0.717, 1.165) is 6.29 Å². The van der Waals surface area contributed by atoms with Crippen molar-refractivity contribution in [1.82, 2.24) is 10.2 Å². The Morgan fingerprint density at radius 2 is 2.38 bits per heavy atom. The summed E-state index contributed by atoms with van der Waals surface area (Å²) >= 11 is 0. The molecule has 1 atom stereocenters. The molecule has 6 heteroatoms. The van der Waals surface area contributed by atoms with E-state index >= 15 is 0 Å². The number of nitrogens with zero attached hydrogens (tertiary/aromatic N) is 1. The highest BCUT2D eigenvalue weighted by Gasteiger charge is 2.26. The molecule has 13 heavy (non-hydrogen) atoms. The minimum Gasteiger partial charge on any atom is -0.453 e. The van der Waals surface area contributed by atoms with Gasteiger partial charge in [-0.05, 0) is 0 Å². The van der Waals surface area contributed by atoms with Crippen molar-refractivity contribution in [2.24, 2.45) is 0 Å². The van der Waals surface area contributed by atoms with Crippen molar-refractivity contribution in [3.63, 3.8) is 0 Å². The summed E-state index contributed by atoms with van der Waals surface area (Å²) < 4.78 is 4.52. The molecule has 1 heterocycles. The van der Waals surface area contributed by atoms with Gasteiger partial charge in [-0.25, -0.2) is 4.79 Å². The van der Waals surface area contributed by atoms with Gasteiger partial charge in [0.15, 0.2) is 0 Å². The van der Waals surface area contributed by atoms with E-state index < -0.39 is 6.09 Å². The van der Waals surface area contributed by atoms with E-state index in [0.29, 0.717) is 19.6 Å². The van der Waals surface area contributed by atoms with E-state index in [1.54, 1.807) is 0 Å². The average Bonchev–Trinajstić information content (AvgIpc) is 2.16. The highest BCUT2D eigenvalue weighted by molar-refractivity contribution is 5.85. The van der Waals surface area contributed by atoms with Crippen LogP contribution in [0.1, 0.15) is 0 Å². The van der Waals surface area contributed by atoms with E-state index in [2.05, 4.69) is 10.1 Å². The molecular weight excluding hydrogens is 196 g/mol. The number of hydrogen-bond acceptors (Lipinski definition) is 4. The lowest BCUT2D eigenvalue weighted by atomic mass is 10.2. The zero-order valence-electron chi connectivity index (χ0n) is 7.36. The maximum absolute atomic E-state index is 11.1. The van der Waals surface area contributed by atoms with Gasteiger partial charge in [0.2, 0.25) is 0 Å². The number of hydrogen-bond donors (Lipinski definition) is 1. The van der Waals surface area contributed by atoms with Gasteiger partial charge in [-0.15, -0.1) is 12.4 Å². The first-order chi connectivity index (χ1) is 5.79. The second kappa shape index (κ2) is 5.77. The molecule has 0 aromatic rings. The van der Waals surface area contributed by atoms with Crippen LogP contribution in [-0.4, -0.2) is 50.1 Å². The first-order valence-electron chi connectivity index (χ1n) is 3.80. The Labute approximate surface area is 82.8 Å². The molecule has 5 nitrogen and oxygen atoms in total. The van der Waals surface area contributed by atoms with Crippen LogP contribution in [0.25, 0.3) is 0 Å². The molecule has 0 aromatic carbocycles. The Hall–Kier alpha value is -0.810. The van der Waals surface area contributed by atoms with Gasteiger partial charge in [-0.1, -0.05) is 0 Å². The highest BCUT2D eigenvalue weighted by atomic mass is 35.5. The van der Waals surface area contributed by atoms with Gasteiger partial charge in [-0.2, -0.15) is 0 Å². The Morgan fingerprint density at radius 3 is 2.92 bits per heavy atom. The Morgan fingerprint density at radius 1 is 1.69 bits per heavy atom. The Balaban J connectivity index is 0.00000144. The number of halogens is 1. The minimum atomic E-state index is -0.436. The summed E-state index contributed by atoms with van der Waals surface area (Å²) in [4.78, 5) is 23.0. The molecule has 1 saturated heterocycles.